The van der Waals surface area contributed by atoms with Crippen LogP contribution in [0.3, 0.4) is 0 Å². The van der Waals surface area contributed by atoms with Gasteiger partial charge >= 0.3 is 5.97 Å². The minimum atomic E-state index is -0.849. The lowest BCUT2D eigenvalue weighted by Gasteiger charge is -2.13. The minimum absolute atomic E-state index is 0.00144. The molecular weight excluding hydrogens is 358 g/mol. The summed E-state index contributed by atoms with van der Waals surface area (Å²) in [4.78, 5) is 29.2. The maximum atomic E-state index is 13.0. The Balaban J connectivity index is 2.27. The van der Waals surface area contributed by atoms with Gasteiger partial charge in [-0.2, -0.15) is 10.2 Å². The molecule has 0 aliphatic heterocycles. The fourth-order valence-electron chi connectivity index (χ4n) is 2.61. The third-order valence-corrected chi connectivity index (χ3v) is 4.31. The van der Waals surface area contributed by atoms with Crippen LogP contribution in [0.1, 0.15) is 16.7 Å². The number of carbonyl (C=O) groups excluding carboxylic acids is 1. The molecule has 0 atom stereocenters. The van der Waals surface area contributed by atoms with Gasteiger partial charge in [-0.1, -0.05) is 18.2 Å². The lowest BCUT2D eigenvalue weighted by Crippen LogP contribution is -2.19. The molecule has 28 heavy (non-hydrogen) atoms. The van der Waals surface area contributed by atoms with Crippen LogP contribution in [0, 0.1) is 25.2 Å². The number of fused-ring (bicyclic) bond motifs is 1. The monoisotopic (exact) mass is 375 g/mol. The molecule has 0 bridgehead atoms. The van der Waals surface area contributed by atoms with Crippen molar-refractivity contribution in [2.24, 2.45) is 0 Å². The van der Waals surface area contributed by atoms with Crippen LogP contribution in [0.2, 0.25) is 0 Å². The van der Waals surface area contributed by atoms with E-state index in [2.05, 4.69) is 9.72 Å². The maximum absolute atomic E-state index is 13.0. The van der Waals surface area contributed by atoms with Gasteiger partial charge in [-0.05, 0) is 49.2 Å². The van der Waals surface area contributed by atoms with Crippen LogP contribution in [0.4, 0.5) is 0 Å². The number of aromatic nitrogens is 2. The van der Waals surface area contributed by atoms with Crippen LogP contribution in [0.15, 0.2) is 53.0 Å². The summed E-state index contributed by atoms with van der Waals surface area (Å²) in [5, 5.41) is 9.26. The van der Waals surface area contributed by atoms with Gasteiger partial charge in [-0.15, -0.1) is 0 Å². The molecule has 1 aromatic carbocycles. The Morgan fingerprint density at radius 2 is 2.00 bits per heavy atom. The van der Waals surface area contributed by atoms with Crippen LogP contribution in [0.5, 0.6) is 11.6 Å². The molecule has 0 aliphatic rings. The lowest BCUT2D eigenvalue weighted by atomic mass is 10.1. The Hall–Kier alpha value is -3.92. The van der Waals surface area contributed by atoms with E-state index in [9.17, 15) is 14.9 Å². The van der Waals surface area contributed by atoms with E-state index in [1.165, 1.54) is 4.40 Å². The number of esters is 1. The number of carbonyl (C=O) groups is 1. The summed E-state index contributed by atoms with van der Waals surface area (Å²) < 4.78 is 11.8. The number of hydrogen-bond donors (Lipinski definition) is 0. The van der Waals surface area contributed by atoms with Crippen molar-refractivity contribution in [3.05, 3.63) is 75.2 Å². The Morgan fingerprint density at radius 1 is 1.21 bits per heavy atom. The summed E-state index contributed by atoms with van der Waals surface area (Å²) in [6, 6.07) is 12.4. The van der Waals surface area contributed by atoms with Gasteiger partial charge in [0.1, 0.15) is 28.6 Å². The van der Waals surface area contributed by atoms with E-state index < -0.39 is 11.5 Å². The standard InChI is InChI=1S/C21H17N3O4/c1-13-7-6-8-17(14(13)2)28-19-16(11-15(12-22)21(26)27-3)20(25)24-10-5-4-9-18(24)23-19/h4-11H,1-3H3/b15-11+. The molecular formula is C21H17N3O4. The van der Waals surface area contributed by atoms with Crippen molar-refractivity contribution < 1.29 is 14.3 Å². The summed E-state index contributed by atoms with van der Waals surface area (Å²) >= 11 is 0. The largest absolute Gasteiger partial charge is 0.465 e. The van der Waals surface area contributed by atoms with E-state index in [4.69, 9.17) is 4.74 Å². The zero-order chi connectivity index (χ0) is 20.3. The molecule has 0 saturated carbocycles. The van der Waals surface area contributed by atoms with Crippen LogP contribution >= 0.6 is 0 Å². The highest BCUT2D eigenvalue weighted by atomic mass is 16.5. The van der Waals surface area contributed by atoms with Crippen molar-refractivity contribution >= 4 is 17.7 Å². The van der Waals surface area contributed by atoms with E-state index >= 15 is 0 Å². The number of rotatable bonds is 4. The number of pyridine rings is 1. The number of ether oxygens (including phenoxy) is 2. The van der Waals surface area contributed by atoms with Crippen LogP contribution < -0.4 is 10.3 Å². The second-order valence-corrected chi connectivity index (χ2v) is 6.03. The van der Waals surface area contributed by atoms with Gasteiger partial charge in [0.2, 0.25) is 5.88 Å². The highest BCUT2D eigenvalue weighted by Gasteiger charge is 2.18. The number of aryl methyl sites for hydroxylation is 1. The van der Waals surface area contributed by atoms with E-state index in [0.717, 1.165) is 24.3 Å². The van der Waals surface area contributed by atoms with Crippen molar-refractivity contribution in [2.45, 2.75) is 13.8 Å². The molecule has 7 heteroatoms. The van der Waals surface area contributed by atoms with Crippen LogP contribution in [-0.4, -0.2) is 22.5 Å². The highest BCUT2D eigenvalue weighted by Crippen LogP contribution is 2.28. The van der Waals surface area contributed by atoms with Gasteiger partial charge in [-0.3, -0.25) is 9.20 Å². The Labute approximate surface area is 161 Å². The quantitative estimate of drug-likeness (QED) is 0.395. The molecule has 0 amide bonds. The van der Waals surface area contributed by atoms with Crippen molar-refractivity contribution in [3.8, 4) is 17.7 Å². The molecule has 0 N–H and O–H groups in total. The number of methoxy groups -OCH3 is 1. The second-order valence-electron chi connectivity index (χ2n) is 6.03. The third kappa shape index (κ3) is 3.48. The predicted octanol–water partition coefficient (Wildman–Crippen LogP) is 3.18. The van der Waals surface area contributed by atoms with E-state index in [-0.39, 0.29) is 17.0 Å². The van der Waals surface area contributed by atoms with Crippen molar-refractivity contribution in [3.63, 3.8) is 0 Å². The molecule has 2 heterocycles. The molecule has 0 unspecified atom stereocenters. The van der Waals surface area contributed by atoms with Crippen molar-refractivity contribution in [1.82, 2.24) is 9.38 Å². The van der Waals surface area contributed by atoms with Crippen molar-refractivity contribution in [2.75, 3.05) is 7.11 Å². The SMILES string of the molecule is COC(=O)/C(C#N)=C/c1c(Oc2cccc(C)c2C)nc2ccccn2c1=O. The average Bonchev–Trinajstić information content (AvgIpc) is 2.71. The predicted molar refractivity (Wildman–Crippen MR) is 103 cm³/mol. The Bertz CT molecular complexity index is 1200. The first-order valence-electron chi connectivity index (χ1n) is 8.42. The number of nitriles is 1. The van der Waals surface area contributed by atoms with Crippen LogP contribution in [0.25, 0.3) is 11.7 Å². The van der Waals surface area contributed by atoms with Gasteiger partial charge in [-0.25, -0.2) is 4.79 Å². The second kappa shape index (κ2) is 7.76. The smallest absolute Gasteiger partial charge is 0.348 e. The first-order valence-corrected chi connectivity index (χ1v) is 8.42. The number of hydrogen-bond acceptors (Lipinski definition) is 6. The van der Waals surface area contributed by atoms with Gasteiger partial charge < -0.3 is 9.47 Å². The van der Waals surface area contributed by atoms with E-state index in [1.807, 2.05) is 26.0 Å². The van der Waals surface area contributed by atoms with E-state index in [0.29, 0.717) is 11.4 Å². The Morgan fingerprint density at radius 3 is 2.71 bits per heavy atom. The van der Waals surface area contributed by atoms with Crippen molar-refractivity contribution in [1.29, 1.82) is 5.26 Å². The number of nitrogens with zero attached hydrogens (tertiary/aromatic N) is 3. The van der Waals surface area contributed by atoms with Gasteiger partial charge in [0.15, 0.2) is 0 Å². The minimum Gasteiger partial charge on any atom is -0.465 e. The first-order chi connectivity index (χ1) is 13.5. The molecule has 2 aromatic heterocycles. The summed E-state index contributed by atoms with van der Waals surface area (Å²) in [6.45, 7) is 3.83. The average molecular weight is 375 g/mol. The fraction of sp³-hybridized carbons (Fsp3) is 0.143. The summed E-state index contributed by atoms with van der Waals surface area (Å²) in [6.07, 6.45) is 2.69. The lowest BCUT2D eigenvalue weighted by molar-refractivity contribution is -0.135. The molecule has 3 aromatic rings. The van der Waals surface area contributed by atoms with E-state index in [1.54, 1.807) is 36.5 Å². The molecule has 7 nitrogen and oxygen atoms in total. The molecule has 0 aliphatic carbocycles. The summed E-state index contributed by atoms with van der Waals surface area (Å²) in [5.74, 6) is -0.322. The first kappa shape index (κ1) is 18.9. The fourth-order valence-corrected chi connectivity index (χ4v) is 2.61. The molecule has 140 valence electrons. The molecule has 0 spiro atoms. The molecule has 3 rings (SSSR count). The molecule has 0 radical (unpaired) electrons. The van der Waals surface area contributed by atoms with Crippen LogP contribution in [-0.2, 0) is 9.53 Å². The third-order valence-electron chi connectivity index (χ3n) is 4.31. The normalized spacial score (nSPS) is 11.1. The highest BCUT2D eigenvalue weighted by molar-refractivity contribution is 5.98. The van der Waals surface area contributed by atoms with Gasteiger partial charge in [0.05, 0.1) is 7.11 Å². The zero-order valence-electron chi connectivity index (χ0n) is 15.6. The maximum Gasteiger partial charge on any atom is 0.348 e. The summed E-state index contributed by atoms with van der Waals surface area (Å²) in [5.41, 5.74) is 1.46. The van der Waals surface area contributed by atoms with Gasteiger partial charge in [0, 0.05) is 6.20 Å². The molecule has 0 fully saturated rings. The topological polar surface area (TPSA) is 93.7 Å². The summed E-state index contributed by atoms with van der Waals surface area (Å²) in [7, 11) is 1.16. The number of benzene rings is 1. The van der Waals surface area contributed by atoms with Gasteiger partial charge in [0.25, 0.3) is 5.56 Å². The molecule has 0 saturated heterocycles. The Kier molecular flexibility index (Phi) is 5.23. The zero-order valence-corrected chi connectivity index (χ0v) is 15.6.